The maximum atomic E-state index is 12.7. The van der Waals surface area contributed by atoms with Gasteiger partial charge in [0.25, 0.3) is 0 Å². The van der Waals surface area contributed by atoms with Crippen LogP contribution in [0.15, 0.2) is 82.9 Å². The number of rotatable bonds is 6. The number of morpholine rings is 1. The molecule has 2 aliphatic rings. The second-order valence-electron chi connectivity index (χ2n) is 8.35. The van der Waals surface area contributed by atoms with E-state index in [1.165, 1.54) is 12.3 Å². The SMILES string of the molecule is COc1cc(N2C3CCC2COC3)ccc1-n1ccc(=O)c(C(C=CN)=Nc2ccccc2)n1. The van der Waals surface area contributed by atoms with Crippen LogP contribution < -0.4 is 20.8 Å². The molecule has 2 aromatic carbocycles. The third-order valence-corrected chi connectivity index (χ3v) is 6.26. The molecule has 2 bridgehead atoms. The summed E-state index contributed by atoms with van der Waals surface area (Å²) in [5.41, 5.74) is 8.52. The standard InChI is InChI=1S/C26H27N5O3/c1-33-25-15-19(31-20-7-8-21(31)17-34-16-20)9-10-23(25)30-14-12-24(32)26(29-30)22(11-13-27)28-18-5-3-2-4-6-18/h2-6,9-15,20-21H,7-8,16-17,27H2,1H3. The maximum absolute atomic E-state index is 12.7. The third-order valence-electron chi connectivity index (χ3n) is 6.26. The van der Waals surface area contributed by atoms with E-state index in [0.29, 0.717) is 29.2 Å². The molecule has 0 saturated carbocycles. The average molecular weight is 458 g/mol. The van der Waals surface area contributed by atoms with E-state index in [1.54, 1.807) is 24.1 Å². The summed E-state index contributed by atoms with van der Waals surface area (Å²) in [6.45, 7) is 1.51. The number of ether oxygens (including phenoxy) is 2. The molecule has 0 amide bonds. The summed E-state index contributed by atoms with van der Waals surface area (Å²) >= 11 is 0. The Kier molecular flexibility index (Phi) is 6.14. The molecule has 174 valence electrons. The summed E-state index contributed by atoms with van der Waals surface area (Å²) in [5, 5.41) is 4.60. The average Bonchev–Trinajstić information content (AvgIpc) is 3.12. The van der Waals surface area contributed by atoms with Crippen molar-refractivity contribution < 1.29 is 9.47 Å². The predicted molar refractivity (Wildman–Crippen MR) is 132 cm³/mol. The van der Waals surface area contributed by atoms with Crippen LogP contribution in [-0.2, 0) is 4.74 Å². The van der Waals surface area contributed by atoms with E-state index in [9.17, 15) is 4.79 Å². The van der Waals surface area contributed by atoms with Crippen molar-refractivity contribution in [3.63, 3.8) is 0 Å². The molecule has 3 aromatic rings. The molecule has 3 heterocycles. The molecule has 2 fully saturated rings. The zero-order chi connectivity index (χ0) is 23.5. The Morgan fingerprint density at radius 1 is 1.15 bits per heavy atom. The number of aliphatic imine (C=N–C) groups is 1. The number of nitrogens with zero attached hydrogens (tertiary/aromatic N) is 4. The summed E-state index contributed by atoms with van der Waals surface area (Å²) in [5.74, 6) is 0.668. The maximum Gasteiger partial charge on any atom is 0.209 e. The van der Waals surface area contributed by atoms with Crippen LogP contribution in [0, 0.1) is 0 Å². The van der Waals surface area contributed by atoms with Gasteiger partial charge < -0.3 is 20.1 Å². The second kappa shape index (κ2) is 9.52. The highest BCUT2D eigenvalue weighted by atomic mass is 16.5. The molecule has 2 atom stereocenters. The van der Waals surface area contributed by atoms with Crippen molar-refractivity contribution in [3.05, 3.63) is 89.0 Å². The Hall–Kier alpha value is -3.91. The van der Waals surface area contributed by atoms with Crippen molar-refractivity contribution in [3.8, 4) is 11.4 Å². The summed E-state index contributed by atoms with van der Waals surface area (Å²) in [7, 11) is 1.64. The van der Waals surface area contributed by atoms with E-state index < -0.39 is 0 Å². The van der Waals surface area contributed by atoms with Gasteiger partial charge in [0, 0.05) is 24.0 Å². The minimum Gasteiger partial charge on any atom is -0.494 e. The molecule has 1 aromatic heterocycles. The summed E-state index contributed by atoms with van der Waals surface area (Å²) in [6.07, 6.45) is 6.84. The molecule has 2 unspecified atom stereocenters. The normalized spacial score (nSPS) is 20.1. The number of benzene rings is 2. The van der Waals surface area contributed by atoms with Crippen molar-refractivity contribution in [1.29, 1.82) is 0 Å². The number of fused-ring (bicyclic) bond motifs is 2. The van der Waals surface area contributed by atoms with E-state index in [4.69, 9.17) is 15.2 Å². The number of methoxy groups -OCH3 is 1. The van der Waals surface area contributed by atoms with Crippen molar-refractivity contribution in [2.75, 3.05) is 25.2 Å². The number of anilines is 1. The molecule has 8 heteroatoms. The van der Waals surface area contributed by atoms with E-state index in [2.05, 4.69) is 21.1 Å². The zero-order valence-corrected chi connectivity index (χ0v) is 19.0. The minimum absolute atomic E-state index is 0.199. The lowest BCUT2D eigenvalue weighted by molar-refractivity contribution is 0.0906. The van der Waals surface area contributed by atoms with Gasteiger partial charge in [0.2, 0.25) is 5.43 Å². The van der Waals surface area contributed by atoms with Gasteiger partial charge in [-0.25, -0.2) is 9.67 Å². The number of aromatic nitrogens is 2. The summed E-state index contributed by atoms with van der Waals surface area (Å²) < 4.78 is 13.1. The highest BCUT2D eigenvalue weighted by molar-refractivity contribution is 6.08. The molecule has 2 aliphatic heterocycles. The van der Waals surface area contributed by atoms with E-state index >= 15 is 0 Å². The summed E-state index contributed by atoms with van der Waals surface area (Å²) in [4.78, 5) is 19.7. The van der Waals surface area contributed by atoms with Crippen LogP contribution in [0.25, 0.3) is 5.69 Å². The van der Waals surface area contributed by atoms with Gasteiger partial charge in [-0.15, -0.1) is 0 Å². The molecule has 2 N–H and O–H groups in total. The molecule has 34 heavy (non-hydrogen) atoms. The smallest absolute Gasteiger partial charge is 0.209 e. The molecule has 2 saturated heterocycles. The third kappa shape index (κ3) is 4.20. The number of allylic oxidation sites excluding steroid dienone is 1. The van der Waals surface area contributed by atoms with Crippen LogP contribution >= 0.6 is 0 Å². The van der Waals surface area contributed by atoms with Crippen molar-refractivity contribution in [2.45, 2.75) is 24.9 Å². The van der Waals surface area contributed by atoms with Gasteiger partial charge in [0.15, 0.2) is 5.69 Å². The molecule has 0 aliphatic carbocycles. The number of para-hydroxylation sites is 1. The largest absolute Gasteiger partial charge is 0.494 e. The first-order valence-electron chi connectivity index (χ1n) is 11.3. The van der Waals surface area contributed by atoms with Gasteiger partial charge in [-0.05, 0) is 49.4 Å². The molecular formula is C26H27N5O3. The van der Waals surface area contributed by atoms with Crippen LogP contribution in [-0.4, -0.2) is 47.9 Å². The van der Waals surface area contributed by atoms with Crippen LogP contribution in [0.4, 0.5) is 11.4 Å². The van der Waals surface area contributed by atoms with Crippen LogP contribution in [0.2, 0.25) is 0 Å². The van der Waals surface area contributed by atoms with E-state index in [0.717, 1.165) is 37.4 Å². The lowest BCUT2D eigenvalue weighted by Crippen LogP contribution is -2.45. The highest BCUT2D eigenvalue weighted by Gasteiger charge is 2.37. The Morgan fingerprint density at radius 2 is 1.91 bits per heavy atom. The van der Waals surface area contributed by atoms with Gasteiger partial charge in [-0.1, -0.05) is 18.2 Å². The molecule has 5 rings (SSSR count). The lowest BCUT2D eigenvalue weighted by atomic mass is 10.1. The fourth-order valence-electron chi connectivity index (χ4n) is 4.69. The Bertz CT molecular complexity index is 1270. The van der Waals surface area contributed by atoms with Gasteiger partial charge >= 0.3 is 0 Å². The topological polar surface area (TPSA) is 95.0 Å². The van der Waals surface area contributed by atoms with Crippen LogP contribution in [0.1, 0.15) is 18.5 Å². The van der Waals surface area contributed by atoms with Gasteiger partial charge in [0.05, 0.1) is 43.8 Å². The number of hydrogen-bond acceptors (Lipinski definition) is 7. The summed E-state index contributed by atoms with van der Waals surface area (Å²) in [6, 6.07) is 17.7. The predicted octanol–water partition coefficient (Wildman–Crippen LogP) is 3.20. The Morgan fingerprint density at radius 3 is 2.62 bits per heavy atom. The molecule has 0 radical (unpaired) electrons. The van der Waals surface area contributed by atoms with Crippen molar-refractivity contribution in [2.24, 2.45) is 10.7 Å². The highest BCUT2D eigenvalue weighted by Crippen LogP contribution is 2.37. The van der Waals surface area contributed by atoms with Crippen molar-refractivity contribution in [1.82, 2.24) is 9.78 Å². The molecule has 8 nitrogen and oxygen atoms in total. The monoisotopic (exact) mass is 457 g/mol. The van der Waals surface area contributed by atoms with Crippen LogP contribution in [0.5, 0.6) is 5.75 Å². The Labute approximate surface area is 197 Å². The first-order chi connectivity index (χ1) is 16.7. The van der Waals surface area contributed by atoms with E-state index in [-0.39, 0.29) is 11.1 Å². The van der Waals surface area contributed by atoms with Gasteiger partial charge in [-0.3, -0.25) is 4.79 Å². The van der Waals surface area contributed by atoms with Gasteiger partial charge in [-0.2, -0.15) is 5.10 Å². The van der Waals surface area contributed by atoms with Crippen molar-refractivity contribution >= 4 is 17.1 Å². The minimum atomic E-state index is -0.246. The number of nitrogens with two attached hydrogens (primary N) is 1. The number of hydrogen-bond donors (Lipinski definition) is 1. The second-order valence-corrected chi connectivity index (χ2v) is 8.35. The quantitative estimate of drug-likeness (QED) is 0.571. The molecule has 0 spiro atoms. The Balaban J connectivity index is 1.54. The first-order valence-corrected chi connectivity index (χ1v) is 11.3. The van der Waals surface area contributed by atoms with E-state index in [1.807, 2.05) is 42.5 Å². The zero-order valence-electron chi connectivity index (χ0n) is 19.0. The van der Waals surface area contributed by atoms with Gasteiger partial charge in [0.1, 0.15) is 11.4 Å². The van der Waals surface area contributed by atoms with Crippen LogP contribution in [0.3, 0.4) is 0 Å². The molecular weight excluding hydrogens is 430 g/mol. The first kappa shape index (κ1) is 21.9. The lowest BCUT2D eigenvalue weighted by Gasteiger charge is -2.36. The fourth-order valence-corrected chi connectivity index (χ4v) is 4.69. The fraction of sp³-hybridized carbons (Fsp3) is 0.269.